The van der Waals surface area contributed by atoms with Crippen LogP contribution in [0.1, 0.15) is 19.8 Å². The van der Waals surface area contributed by atoms with Crippen molar-refractivity contribution in [2.75, 3.05) is 24.6 Å². The van der Waals surface area contributed by atoms with E-state index in [0.29, 0.717) is 17.5 Å². The lowest BCUT2D eigenvalue weighted by Gasteiger charge is -2.23. The summed E-state index contributed by atoms with van der Waals surface area (Å²) in [4.78, 5) is 10.2. The maximum atomic E-state index is 9.15. The summed E-state index contributed by atoms with van der Waals surface area (Å²) in [6, 6.07) is 1.74. The first kappa shape index (κ1) is 13.0. The van der Waals surface area contributed by atoms with E-state index in [1.165, 1.54) is 6.33 Å². The highest BCUT2D eigenvalue weighted by molar-refractivity contribution is 6.29. The summed E-state index contributed by atoms with van der Waals surface area (Å²) in [5.74, 6) is 1.28. The zero-order valence-electron chi connectivity index (χ0n) is 10.3. The molecule has 0 saturated heterocycles. The van der Waals surface area contributed by atoms with Crippen LogP contribution in [0.5, 0.6) is 0 Å². The highest BCUT2D eigenvalue weighted by atomic mass is 35.5. The summed E-state index contributed by atoms with van der Waals surface area (Å²) in [6.45, 7) is 3.59. The first-order valence-corrected chi connectivity index (χ1v) is 6.36. The molecule has 0 amide bonds. The second-order valence-electron chi connectivity index (χ2n) is 3.97. The van der Waals surface area contributed by atoms with Crippen molar-refractivity contribution in [3.63, 3.8) is 0 Å². The van der Waals surface area contributed by atoms with Crippen molar-refractivity contribution in [1.82, 2.24) is 19.6 Å². The minimum absolute atomic E-state index is 0.0832. The summed E-state index contributed by atoms with van der Waals surface area (Å²) in [5, 5.41) is 13.7. The number of aliphatic hydroxyl groups excluding tert-OH is 1. The Morgan fingerprint density at radius 2 is 2.28 bits per heavy atom. The zero-order chi connectivity index (χ0) is 13.0. The van der Waals surface area contributed by atoms with Gasteiger partial charge in [-0.25, -0.2) is 0 Å². The zero-order valence-corrected chi connectivity index (χ0v) is 11.0. The number of halogens is 1. The van der Waals surface area contributed by atoms with Crippen LogP contribution >= 0.6 is 11.6 Å². The standard InChI is InChI=1S/C11H16ClN5O/c1-2-3-4-16(5-6-18)10-7-9(12)15-11-13-8-14-17(10)11/h7-8,18H,2-6H2,1H3. The second-order valence-corrected chi connectivity index (χ2v) is 4.36. The van der Waals surface area contributed by atoms with Crippen molar-refractivity contribution >= 4 is 23.2 Å². The maximum Gasteiger partial charge on any atom is 0.255 e. The molecule has 1 N–H and O–H groups in total. The number of aromatic nitrogens is 4. The molecule has 0 fully saturated rings. The Bertz CT molecular complexity index is 515. The van der Waals surface area contributed by atoms with Crippen molar-refractivity contribution in [2.45, 2.75) is 19.8 Å². The van der Waals surface area contributed by atoms with Crippen molar-refractivity contribution in [1.29, 1.82) is 0 Å². The molecule has 2 aromatic rings. The van der Waals surface area contributed by atoms with E-state index in [1.807, 2.05) is 4.90 Å². The number of fused-ring (bicyclic) bond motifs is 1. The van der Waals surface area contributed by atoms with Gasteiger partial charge >= 0.3 is 0 Å². The van der Waals surface area contributed by atoms with E-state index in [9.17, 15) is 0 Å². The first-order valence-electron chi connectivity index (χ1n) is 5.98. The highest BCUT2D eigenvalue weighted by Gasteiger charge is 2.13. The van der Waals surface area contributed by atoms with E-state index in [2.05, 4.69) is 22.0 Å². The fourth-order valence-corrected chi connectivity index (χ4v) is 1.98. The molecule has 18 heavy (non-hydrogen) atoms. The quantitative estimate of drug-likeness (QED) is 0.803. The van der Waals surface area contributed by atoms with Gasteiger partial charge in [-0.1, -0.05) is 24.9 Å². The molecule has 2 rings (SSSR count). The molecule has 7 heteroatoms. The van der Waals surface area contributed by atoms with Crippen LogP contribution in [0, 0.1) is 0 Å². The fourth-order valence-electron chi connectivity index (χ4n) is 1.80. The summed E-state index contributed by atoms with van der Waals surface area (Å²) in [6.07, 6.45) is 3.57. The largest absolute Gasteiger partial charge is 0.395 e. The number of unbranched alkanes of at least 4 members (excludes halogenated alkanes) is 1. The van der Waals surface area contributed by atoms with Crippen molar-refractivity contribution in [3.05, 3.63) is 17.5 Å². The van der Waals surface area contributed by atoms with Gasteiger partial charge in [-0.2, -0.15) is 19.6 Å². The van der Waals surface area contributed by atoms with E-state index in [1.54, 1.807) is 10.6 Å². The van der Waals surface area contributed by atoms with Crippen molar-refractivity contribution < 1.29 is 5.11 Å². The number of hydrogen-bond acceptors (Lipinski definition) is 5. The van der Waals surface area contributed by atoms with Crippen LogP contribution in [0.25, 0.3) is 5.78 Å². The topological polar surface area (TPSA) is 66.5 Å². The summed E-state index contributed by atoms with van der Waals surface area (Å²) in [5.41, 5.74) is 0. The number of hydrogen-bond donors (Lipinski definition) is 1. The maximum absolute atomic E-state index is 9.15. The molecule has 2 heterocycles. The molecule has 0 aliphatic carbocycles. The first-order chi connectivity index (χ1) is 8.76. The van der Waals surface area contributed by atoms with Crippen molar-refractivity contribution in [3.8, 4) is 0 Å². The molecule has 0 aromatic carbocycles. The van der Waals surface area contributed by atoms with Gasteiger partial charge in [0, 0.05) is 19.2 Å². The predicted molar refractivity (Wildman–Crippen MR) is 70.0 cm³/mol. The van der Waals surface area contributed by atoms with Gasteiger partial charge in [0.1, 0.15) is 17.3 Å². The lowest BCUT2D eigenvalue weighted by Crippen LogP contribution is -2.29. The van der Waals surface area contributed by atoms with Gasteiger partial charge in [-0.15, -0.1) is 0 Å². The second kappa shape index (κ2) is 5.97. The predicted octanol–water partition coefficient (Wildman–Crippen LogP) is 1.38. The van der Waals surface area contributed by atoms with Gasteiger partial charge in [-0.05, 0) is 6.42 Å². The van der Waals surface area contributed by atoms with E-state index in [4.69, 9.17) is 16.7 Å². The van der Waals surface area contributed by atoms with Crippen LogP contribution in [0.3, 0.4) is 0 Å². The molecule has 0 aliphatic heterocycles. The Hall–Kier alpha value is -1.40. The molecular weight excluding hydrogens is 254 g/mol. The average molecular weight is 270 g/mol. The lowest BCUT2D eigenvalue weighted by molar-refractivity contribution is 0.301. The van der Waals surface area contributed by atoms with Gasteiger partial charge in [0.2, 0.25) is 0 Å². The van der Waals surface area contributed by atoms with Crippen LogP contribution in [0.15, 0.2) is 12.4 Å². The van der Waals surface area contributed by atoms with Gasteiger partial charge in [0.15, 0.2) is 0 Å². The Balaban J connectivity index is 2.38. The van der Waals surface area contributed by atoms with E-state index in [0.717, 1.165) is 25.2 Å². The number of anilines is 1. The fraction of sp³-hybridized carbons (Fsp3) is 0.545. The third kappa shape index (κ3) is 2.70. The molecule has 2 aromatic heterocycles. The molecule has 0 atom stereocenters. The van der Waals surface area contributed by atoms with Gasteiger partial charge < -0.3 is 10.0 Å². The third-order valence-corrected chi connectivity index (χ3v) is 2.87. The van der Waals surface area contributed by atoms with Crippen molar-refractivity contribution in [2.24, 2.45) is 0 Å². The number of aliphatic hydroxyl groups is 1. The highest BCUT2D eigenvalue weighted by Crippen LogP contribution is 2.19. The Labute approximate surface area is 110 Å². The van der Waals surface area contributed by atoms with Crippen LogP contribution in [0.2, 0.25) is 5.15 Å². The van der Waals surface area contributed by atoms with Crippen LogP contribution in [-0.4, -0.2) is 44.4 Å². The normalized spacial score (nSPS) is 11.1. The average Bonchev–Trinajstić information content (AvgIpc) is 2.81. The molecule has 0 unspecified atom stereocenters. The van der Waals surface area contributed by atoms with Gasteiger partial charge in [-0.3, -0.25) is 0 Å². The van der Waals surface area contributed by atoms with Crippen LogP contribution < -0.4 is 4.90 Å². The Morgan fingerprint density at radius 1 is 1.44 bits per heavy atom. The lowest BCUT2D eigenvalue weighted by atomic mass is 10.3. The summed E-state index contributed by atoms with van der Waals surface area (Å²) < 4.78 is 1.64. The smallest absolute Gasteiger partial charge is 0.255 e. The SMILES string of the molecule is CCCCN(CCO)c1cc(Cl)nc2ncnn12. The number of rotatable bonds is 6. The van der Waals surface area contributed by atoms with Gasteiger partial charge in [0.25, 0.3) is 5.78 Å². The molecule has 0 bridgehead atoms. The molecule has 0 aliphatic rings. The molecule has 0 spiro atoms. The Morgan fingerprint density at radius 3 is 3.00 bits per heavy atom. The van der Waals surface area contributed by atoms with Crippen LogP contribution in [0.4, 0.5) is 5.82 Å². The molecule has 0 radical (unpaired) electrons. The summed E-state index contributed by atoms with van der Waals surface area (Å²) in [7, 11) is 0. The molecule has 6 nitrogen and oxygen atoms in total. The van der Waals surface area contributed by atoms with E-state index >= 15 is 0 Å². The minimum Gasteiger partial charge on any atom is -0.395 e. The molecular formula is C11H16ClN5O. The molecule has 0 saturated carbocycles. The molecule has 98 valence electrons. The number of nitrogens with zero attached hydrogens (tertiary/aromatic N) is 5. The summed E-state index contributed by atoms with van der Waals surface area (Å²) >= 11 is 5.98. The van der Waals surface area contributed by atoms with E-state index < -0.39 is 0 Å². The third-order valence-electron chi connectivity index (χ3n) is 2.68. The van der Waals surface area contributed by atoms with E-state index in [-0.39, 0.29) is 6.61 Å². The van der Waals surface area contributed by atoms with Gasteiger partial charge in [0.05, 0.1) is 6.61 Å². The monoisotopic (exact) mass is 269 g/mol. The van der Waals surface area contributed by atoms with Crippen LogP contribution in [-0.2, 0) is 0 Å². The minimum atomic E-state index is 0.0832. The Kier molecular flexibility index (Phi) is 4.33.